The molecule has 0 fully saturated rings. The molecular weight excluding hydrogens is 200 g/mol. The molecule has 0 amide bonds. The highest BCUT2D eigenvalue weighted by Gasteiger charge is 2.01. The van der Waals surface area contributed by atoms with Crippen molar-refractivity contribution in [3.8, 4) is 0 Å². The lowest BCUT2D eigenvalue weighted by atomic mass is 10.1. The van der Waals surface area contributed by atoms with E-state index in [2.05, 4.69) is 35.0 Å². The Morgan fingerprint density at radius 2 is 2.06 bits per heavy atom. The van der Waals surface area contributed by atoms with E-state index in [9.17, 15) is 0 Å². The van der Waals surface area contributed by atoms with Gasteiger partial charge in [-0.1, -0.05) is 6.07 Å². The van der Waals surface area contributed by atoms with E-state index in [1.165, 1.54) is 16.5 Å². The predicted molar refractivity (Wildman–Crippen MR) is 66.1 cm³/mol. The monoisotopic (exact) mass is 218 g/mol. The third-order valence-electron chi connectivity index (χ3n) is 2.88. The van der Waals surface area contributed by atoms with Crippen molar-refractivity contribution in [1.82, 2.24) is 4.57 Å². The second kappa shape index (κ2) is 5.14. The van der Waals surface area contributed by atoms with Gasteiger partial charge >= 0.3 is 0 Å². The normalized spacial score (nSPS) is 11.1. The van der Waals surface area contributed by atoms with Crippen LogP contribution in [0.5, 0.6) is 0 Å². The molecule has 3 heteroatoms. The van der Waals surface area contributed by atoms with Crippen LogP contribution in [0.3, 0.4) is 0 Å². The minimum Gasteiger partial charge on any atom is -0.396 e. The van der Waals surface area contributed by atoms with Crippen molar-refractivity contribution in [2.24, 2.45) is 5.73 Å². The summed E-state index contributed by atoms with van der Waals surface area (Å²) in [6, 6.07) is 8.45. The van der Waals surface area contributed by atoms with Gasteiger partial charge in [-0.25, -0.2) is 0 Å². The van der Waals surface area contributed by atoms with Crippen LogP contribution >= 0.6 is 0 Å². The standard InChI is InChI=1S/C13H18N2O/c14-10-11-3-4-13-12(9-11)5-7-15(13)6-1-2-8-16/h3-5,7,9,16H,1-2,6,8,10,14H2. The third-order valence-corrected chi connectivity index (χ3v) is 2.88. The van der Waals surface area contributed by atoms with Crippen LogP contribution in [0.4, 0.5) is 0 Å². The first kappa shape index (κ1) is 11.2. The lowest BCUT2D eigenvalue weighted by Crippen LogP contribution is -1.98. The Hall–Kier alpha value is -1.32. The summed E-state index contributed by atoms with van der Waals surface area (Å²) in [5, 5.41) is 10.00. The summed E-state index contributed by atoms with van der Waals surface area (Å²) in [5.74, 6) is 0. The summed E-state index contributed by atoms with van der Waals surface area (Å²) in [6.45, 7) is 1.83. The first-order valence-corrected chi connectivity index (χ1v) is 5.74. The molecule has 0 bridgehead atoms. The Bertz CT molecular complexity index is 462. The molecule has 0 unspecified atom stereocenters. The fraction of sp³-hybridized carbons (Fsp3) is 0.385. The summed E-state index contributed by atoms with van der Waals surface area (Å²) in [6.07, 6.45) is 3.97. The van der Waals surface area contributed by atoms with Crippen LogP contribution < -0.4 is 5.73 Å². The molecule has 0 radical (unpaired) electrons. The Kier molecular flexibility index (Phi) is 3.59. The maximum absolute atomic E-state index is 8.75. The average molecular weight is 218 g/mol. The SMILES string of the molecule is NCc1ccc2c(ccn2CCCCO)c1. The molecule has 2 aromatic rings. The van der Waals surface area contributed by atoms with Crippen molar-refractivity contribution >= 4 is 10.9 Å². The first-order valence-electron chi connectivity index (χ1n) is 5.74. The Balaban J connectivity index is 2.20. The molecule has 86 valence electrons. The summed E-state index contributed by atoms with van der Waals surface area (Å²) >= 11 is 0. The quantitative estimate of drug-likeness (QED) is 0.753. The molecule has 0 saturated carbocycles. The summed E-state index contributed by atoms with van der Waals surface area (Å²) in [4.78, 5) is 0. The van der Waals surface area contributed by atoms with Gasteiger partial charge in [-0.3, -0.25) is 0 Å². The Morgan fingerprint density at radius 3 is 2.81 bits per heavy atom. The molecule has 0 spiro atoms. The molecule has 2 rings (SSSR count). The van der Waals surface area contributed by atoms with Gasteiger partial charge in [0.05, 0.1) is 0 Å². The second-order valence-corrected chi connectivity index (χ2v) is 4.04. The lowest BCUT2D eigenvalue weighted by Gasteiger charge is -2.05. The molecule has 3 nitrogen and oxygen atoms in total. The Morgan fingerprint density at radius 1 is 1.19 bits per heavy atom. The van der Waals surface area contributed by atoms with Crippen molar-refractivity contribution in [2.75, 3.05) is 6.61 Å². The van der Waals surface area contributed by atoms with Crippen molar-refractivity contribution in [3.63, 3.8) is 0 Å². The van der Waals surface area contributed by atoms with E-state index < -0.39 is 0 Å². The number of nitrogens with two attached hydrogens (primary N) is 1. The van der Waals surface area contributed by atoms with Gasteiger partial charge in [0.25, 0.3) is 0 Å². The van der Waals surface area contributed by atoms with Crippen LogP contribution in [0, 0.1) is 0 Å². The molecule has 16 heavy (non-hydrogen) atoms. The third kappa shape index (κ3) is 2.26. The summed E-state index contributed by atoms with van der Waals surface area (Å²) in [7, 11) is 0. The molecule has 1 aromatic carbocycles. The van der Waals surface area contributed by atoms with Crippen LogP contribution in [-0.2, 0) is 13.1 Å². The van der Waals surface area contributed by atoms with E-state index in [0.717, 1.165) is 19.4 Å². The van der Waals surface area contributed by atoms with E-state index in [4.69, 9.17) is 10.8 Å². The van der Waals surface area contributed by atoms with E-state index in [-0.39, 0.29) is 6.61 Å². The van der Waals surface area contributed by atoms with Crippen molar-refractivity contribution in [3.05, 3.63) is 36.0 Å². The maximum Gasteiger partial charge on any atom is 0.0480 e. The molecule has 0 aliphatic heterocycles. The number of benzene rings is 1. The molecular formula is C13H18N2O. The van der Waals surface area contributed by atoms with Gasteiger partial charge in [0.2, 0.25) is 0 Å². The van der Waals surface area contributed by atoms with Crippen LogP contribution in [0.15, 0.2) is 30.5 Å². The fourth-order valence-corrected chi connectivity index (χ4v) is 1.97. The predicted octanol–water partition coefficient (Wildman–Crippen LogP) is 1.87. The highest BCUT2D eigenvalue weighted by Crippen LogP contribution is 2.18. The van der Waals surface area contributed by atoms with Gasteiger partial charge in [0.15, 0.2) is 0 Å². The van der Waals surface area contributed by atoms with Gasteiger partial charge in [-0.15, -0.1) is 0 Å². The number of hydrogen-bond donors (Lipinski definition) is 2. The maximum atomic E-state index is 8.75. The highest BCUT2D eigenvalue weighted by atomic mass is 16.2. The molecule has 1 aromatic heterocycles. The van der Waals surface area contributed by atoms with E-state index in [0.29, 0.717) is 6.54 Å². The topological polar surface area (TPSA) is 51.2 Å². The van der Waals surface area contributed by atoms with Crippen molar-refractivity contribution < 1.29 is 5.11 Å². The molecule has 0 aliphatic carbocycles. The van der Waals surface area contributed by atoms with Crippen LogP contribution in [0.2, 0.25) is 0 Å². The number of nitrogens with zero attached hydrogens (tertiary/aromatic N) is 1. The zero-order chi connectivity index (χ0) is 11.4. The van der Waals surface area contributed by atoms with Crippen LogP contribution in [0.1, 0.15) is 18.4 Å². The lowest BCUT2D eigenvalue weighted by molar-refractivity contribution is 0.281. The largest absolute Gasteiger partial charge is 0.396 e. The zero-order valence-electron chi connectivity index (χ0n) is 9.39. The molecule has 0 atom stereocenters. The second-order valence-electron chi connectivity index (χ2n) is 4.04. The van der Waals surface area contributed by atoms with Gasteiger partial charge in [0.1, 0.15) is 0 Å². The number of aryl methyl sites for hydroxylation is 1. The smallest absolute Gasteiger partial charge is 0.0480 e. The zero-order valence-corrected chi connectivity index (χ0v) is 9.39. The van der Waals surface area contributed by atoms with E-state index in [1.54, 1.807) is 0 Å². The Labute approximate surface area is 95.5 Å². The number of hydrogen-bond acceptors (Lipinski definition) is 2. The summed E-state index contributed by atoms with van der Waals surface area (Å²) in [5.41, 5.74) is 8.02. The number of rotatable bonds is 5. The van der Waals surface area contributed by atoms with Gasteiger partial charge in [0, 0.05) is 31.4 Å². The number of fused-ring (bicyclic) bond motifs is 1. The van der Waals surface area contributed by atoms with Crippen LogP contribution in [0.25, 0.3) is 10.9 Å². The number of unbranched alkanes of at least 4 members (excludes halogenated alkanes) is 1. The molecule has 0 saturated heterocycles. The first-order chi connectivity index (χ1) is 7.85. The van der Waals surface area contributed by atoms with Gasteiger partial charge < -0.3 is 15.4 Å². The number of aliphatic hydroxyl groups excluding tert-OH is 1. The van der Waals surface area contributed by atoms with Gasteiger partial charge in [-0.05, 0) is 42.0 Å². The average Bonchev–Trinajstić information content (AvgIpc) is 2.72. The molecule has 0 aliphatic rings. The van der Waals surface area contributed by atoms with Crippen LogP contribution in [-0.4, -0.2) is 16.3 Å². The van der Waals surface area contributed by atoms with Gasteiger partial charge in [-0.2, -0.15) is 0 Å². The van der Waals surface area contributed by atoms with Crippen molar-refractivity contribution in [1.29, 1.82) is 0 Å². The molecule has 1 heterocycles. The van der Waals surface area contributed by atoms with E-state index in [1.807, 2.05) is 0 Å². The number of aliphatic hydroxyl groups is 1. The number of aromatic nitrogens is 1. The minimum absolute atomic E-state index is 0.274. The van der Waals surface area contributed by atoms with E-state index >= 15 is 0 Å². The summed E-state index contributed by atoms with van der Waals surface area (Å²) < 4.78 is 2.23. The van der Waals surface area contributed by atoms with Crippen molar-refractivity contribution in [2.45, 2.75) is 25.9 Å². The highest BCUT2D eigenvalue weighted by molar-refractivity contribution is 5.80. The minimum atomic E-state index is 0.274. The fourth-order valence-electron chi connectivity index (χ4n) is 1.97. The molecule has 3 N–H and O–H groups in total.